The molecule has 9 nitrogen and oxygen atoms in total. The van der Waals surface area contributed by atoms with E-state index in [0.29, 0.717) is 44.8 Å². The Bertz CT molecular complexity index is 1360. The van der Waals surface area contributed by atoms with E-state index >= 15 is 0 Å². The maximum Gasteiger partial charge on any atom is 0.323 e. The molecule has 3 amide bonds. The van der Waals surface area contributed by atoms with Crippen molar-refractivity contribution in [3.8, 4) is 17.2 Å². The zero-order chi connectivity index (χ0) is 22.8. The fraction of sp³-hybridized carbons (Fsp3) is 0.0870. The number of aromatic nitrogens is 1. The molecule has 0 saturated heterocycles. The summed E-state index contributed by atoms with van der Waals surface area (Å²) < 4.78 is 16.8. The van der Waals surface area contributed by atoms with Gasteiger partial charge in [-0.1, -0.05) is 29.5 Å². The average Bonchev–Trinajstić information content (AvgIpc) is 3.45. The lowest BCUT2D eigenvalue weighted by Crippen LogP contribution is -2.19. The van der Waals surface area contributed by atoms with Gasteiger partial charge in [-0.3, -0.25) is 10.1 Å². The lowest BCUT2D eigenvalue weighted by atomic mass is 10.2. The van der Waals surface area contributed by atoms with E-state index in [1.54, 1.807) is 54.6 Å². The van der Waals surface area contributed by atoms with Crippen molar-refractivity contribution < 1.29 is 23.8 Å². The highest BCUT2D eigenvalue weighted by Gasteiger charge is 2.16. The first-order chi connectivity index (χ1) is 16.1. The van der Waals surface area contributed by atoms with Crippen LogP contribution in [0, 0.1) is 0 Å². The highest BCUT2D eigenvalue weighted by molar-refractivity contribution is 7.22. The van der Waals surface area contributed by atoms with Gasteiger partial charge in [-0.05, 0) is 30.3 Å². The Hall–Kier alpha value is -4.31. The second-order valence-electron chi connectivity index (χ2n) is 7.01. The van der Waals surface area contributed by atoms with Gasteiger partial charge in [0.25, 0.3) is 5.91 Å². The van der Waals surface area contributed by atoms with Crippen molar-refractivity contribution in [3.05, 3.63) is 66.2 Å². The predicted molar refractivity (Wildman–Crippen MR) is 126 cm³/mol. The van der Waals surface area contributed by atoms with Gasteiger partial charge in [-0.25, -0.2) is 9.78 Å². The molecule has 1 aromatic heterocycles. The van der Waals surface area contributed by atoms with Crippen molar-refractivity contribution in [2.45, 2.75) is 0 Å². The molecule has 166 valence electrons. The van der Waals surface area contributed by atoms with Crippen molar-refractivity contribution in [1.29, 1.82) is 0 Å². The average molecular weight is 462 g/mol. The van der Waals surface area contributed by atoms with Crippen molar-refractivity contribution in [2.75, 3.05) is 29.9 Å². The molecule has 3 aromatic carbocycles. The van der Waals surface area contributed by atoms with E-state index in [1.165, 1.54) is 18.4 Å². The minimum absolute atomic E-state index is 0.160. The van der Waals surface area contributed by atoms with Crippen molar-refractivity contribution in [1.82, 2.24) is 4.98 Å². The number of thiazole rings is 1. The summed E-state index contributed by atoms with van der Waals surface area (Å²) in [4.78, 5) is 29.4. The first kappa shape index (κ1) is 20.6. The minimum atomic E-state index is -0.433. The summed E-state index contributed by atoms with van der Waals surface area (Å²) in [5, 5.41) is 8.78. The summed E-state index contributed by atoms with van der Waals surface area (Å²) in [5.74, 6) is 1.43. The van der Waals surface area contributed by atoms with Crippen molar-refractivity contribution in [3.63, 3.8) is 0 Å². The monoisotopic (exact) mass is 462 g/mol. The van der Waals surface area contributed by atoms with Crippen LogP contribution in [0.2, 0.25) is 0 Å². The fourth-order valence-electron chi connectivity index (χ4n) is 3.31. The summed E-state index contributed by atoms with van der Waals surface area (Å²) in [6.07, 6.45) is 0. The van der Waals surface area contributed by atoms with Gasteiger partial charge in [-0.15, -0.1) is 0 Å². The molecule has 1 aliphatic rings. The van der Waals surface area contributed by atoms with Gasteiger partial charge < -0.3 is 24.8 Å². The Morgan fingerprint density at radius 3 is 2.55 bits per heavy atom. The van der Waals surface area contributed by atoms with E-state index in [4.69, 9.17) is 14.2 Å². The van der Waals surface area contributed by atoms with Crippen LogP contribution < -0.4 is 30.2 Å². The van der Waals surface area contributed by atoms with Gasteiger partial charge in [0.2, 0.25) is 6.79 Å². The summed E-state index contributed by atoms with van der Waals surface area (Å²) in [5.41, 5.74) is 2.20. The highest BCUT2D eigenvalue weighted by Crippen LogP contribution is 2.36. The molecule has 0 spiro atoms. The number of nitrogens with one attached hydrogen (secondary N) is 3. The number of methoxy groups -OCH3 is 1. The predicted octanol–water partition coefficient (Wildman–Crippen LogP) is 4.93. The van der Waals surface area contributed by atoms with E-state index in [9.17, 15) is 9.59 Å². The summed E-state index contributed by atoms with van der Waals surface area (Å²) in [6.45, 7) is 0.160. The first-order valence-corrected chi connectivity index (χ1v) is 10.7. The Morgan fingerprint density at radius 1 is 0.939 bits per heavy atom. The second-order valence-corrected chi connectivity index (χ2v) is 8.04. The number of urea groups is 1. The number of rotatable bonds is 5. The third kappa shape index (κ3) is 4.37. The molecule has 33 heavy (non-hydrogen) atoms. The first-order valence-electron chi connectivity index (χ1n) is 9.92. The van der Waals surface area contributed by atoms with Gasteiger partial charge >= 0.3 is 6.03 Å². The summed E-state index contributed by atoms with van der Waals surface area (Å²) >= 11 is 1.28. The number of anilines is 3. The van der Waals surface area contributed by atoms with Crippen LogP contribution in [0.15, 0.2) is 60.7 Å². The van der Waals surface area contributed by atoms with Crippen LogP contribution in [0.3, 0.4) is 0 Å². The molecule has 2 heterocycles. The zero-order valence-electron chi connectivity index (χ0n) is 17.4. The van der Waals surface area contributed by atoms with Gasteiger partial charge in [0.05, 0.1) is 11.8 Å². The molecule has 0 bridgehead atoms. The zero-order valence-corrected chi connectivity index (χ0v) is 18.2. The maximum atomic E-state index is 12.5. The SMILES string of the molecule is COc1cc(NC(=O)Nc2ccc3c(c2)OCO3)cc2sc(NC(=O)c3ccccc3)nc12. The van der Waals surface area contributed by atoms with Crippen LogP contribution in [0.5, 0.6) is 17.2 Å². The number of amides is 3. The van der Waals surface area contributed by atoms with Gasteiger partial charge in [0, 0.05) is 29.1 Å². The number of benzene rings is 3. The van der Waals surface area contributed by atoms with E-state index in [0.717, 1.165) is 4.70 Å². The molecule has 1 aliphatic heterocycles. The molecule has 10 heteroatoms. The number of hydrogen-bond donors (Lipinski definition) is 3. The number of nitrogens with zero attached hydrogens (tertiary/aromatic N) is 1. The Balaban J connectivity index is 1.33. The molecule has 0 radical (unpaired) electrons. The van der Waals surface area contributed by atoms with E-state index < -0.39 is 6.03 Å². The Morgan fingerprint density at radius 2 is 1.73 bits per heavy atom. The van der Waals surface area contributed by atoms with Crippen LogP contribution in [0.4, 0.5) is 21.3 Å². The Labute approximate surface area is 192 Å². The number of carbonyl (C=O) groups is 2. The van der Waals surface area contributed by atoms with Crippen LogP contribution in [0.1, 0.15) is 10.4 Å². The van der Waals surface area contributed by atoms with Crippen LogP contribution >= 0.6 is 11.3 Å². The molecule has 3 N–H and O–H groups in total. The van der Waals surface area contributed by atoms with Crippen LogP contribution in [0.25, 0.3) is 10.2 Å². The lowest BCUT2D eigenvalue weighted by Gasteiger charge is -2.10. The van der Waals surface area contributed by atoms with Crippen molar-refractivity contribution in [2.24, 2.45) is 0 Å². The van der Waals surface area contributed by atoms with Gasteiger partial charge in [0.15, 0.2) is 16.6 Å². The quantitative estimate of drug-likeness (QED) is 0.388. The molecule has 0 saturated carbocycles. The molecule has 0 aliphatic carbocycles. The molecule has 5 rings (SSSR count). The number of fused-ring (bicyclic) bond motifs is 2. The number of ether oxygens (including phenoxy) is 3. The van der Waals surface area contributed by atoms with Crippen LogP contribution in [-0.2, 0) is 0 Å². The summed E-state index contributed by atoms with van der Waals surface area (Å²) in [7, 11) is 1.52. The third-order valence-corrected chi connectivity index (χ3v) is 5.74. The minimum Gasteiger partial charge on any atom is -0.494 e. The highest BCUT2D eigenvalue weighted by atomic mass is 32.1. The second kappa shape index (κ2) is 8.67. The molecule has 0 atom stereocenters. The molecule has 4 aromatic rings. The molecular formula is C23H18N4O5S. The molecule has 0 unspecified atom stereocenters. The number of carbonyl (C=O) groups excluding carboxylic acids is 2. The topological polar surface area (TPSA) is 111 Å². The fourth-order valence-corrected chi connectivity index (χ4v) is 4.22. The standard InChI is InChI=1S/C23H18N4O5S/c1-30-18-10-15(25-22(29)24-14-7-8-16-17(9-14)32-12-31-16)11-19-20(18)26-23(33-19)27-21(28)13-5-3-2-4-6-13/h2-11H,12H2,1H3,(H2,24,25,29)(H,26,27,28). The molecular weight excluding hydrogens is 444 g/mol. The lowest BCUT2D eigenvalue weighted by molar-refractivity contribution is 0.102. The largest absolute Gasteiger partial charge is 0.494 e. The van der Waals surface area contributed by atoms with E-state index in [-0.39, 0.29) is 12.7 Å². The number of hydrogen-bond acceptors (Lipinski definition) is 7. The smallest absolute Gasteiger partial charge is 0.323 e. The van der Waals surface area contributed by atoms with E-state index in [2.05, 4.69) is 20.9 Å². The maximum absolute atomic E-state index is 12.5. The van der Waals surface area contributed by atoms with Crippen LogP contribution in [-0.4, -0.2) is 30.8 Å². The summed E-state index contributed by atoms with van der Waals surface area (Å²) in [6, 6.07) is 17.0. The van der Waals surface area contributed by atoms with Crippen molar-refractivity contribution >= 4 is 50.0 Å². The molecule has 0 fully saturated rings. The third-order valence-electron chi connectivity index (χ3n) is 4.82. The normalized spacial score (nSPS) is 11.8. The van der Waals surface area contributed by atoms with Gasteiger partial charge in [-0.2, -0.15) is 0 Å². The van der Waals surface area contributed by atoms with E-state index in [1.807, 2.05) is 6.07 Å². The van der Waals surface area contributed by atoms with Gasteiger partial charge in [0.1, 0.15) is 11.3 Å². The Kier molecular flexibility index (Phi) is 5.41.